The molecular formula is C28H36N4O3S. The van der Waals surface area contributed by atoms with Gasteiger partial charge >= 0.3 is 0 Å². The molecule has 0 bridgehead atoms. The topological polar surface area (TPSA) is 87.9 Å². The molecule has 36 heavy (non-hydrogen) atoms. The van der Waals surface area contributed by atoms with Crippen molar-refractivity contribution < 1.29 is 13.9 Å². The smallest absolute Gasteiger partial charge is 0.254 e. The maximum Gasteiger partial charge on any atom is 0.254 e. The summed E-state index contributed by atoms with van der Waals surface area (Å²) in [5, 5.41) is 9.36. The summed E-state index contributed by atoms with van der Waals surface area (Å²) in [5.41, 5.74) is 5.17. The molecule has 0 unspecified atom stereocenters. The molecule has 1 aromatic heterocycles. The number of rotatable bonds is 9. The van der Waals surface area contributed by atoms with Gasteiger partial charge in [-0.25, -0.2) is 0 Å². The van der Waals surface area contributed by atoms with Crippen LogP contribution in [0.15, 0.2) is 63.0 Å². The molecule has 0 atom stereocenters. The minimum absolute atomic E-state index is 0.104. The summed E-state index contributed by atoms with van der Waals surface area (Å²) in [6, 6.07) is 14.0. The highest BCUT2D eigenvalue weighted by molar-refractivity contribution is 7.80. The summed E-state index contributed by atoms with van der Waals surface area (Å²) in [6.45, 7) is 9.92. The van der Waals surface area contributed by atoms with E-state index in [-0.39, 0.29) is 5.91 Å². The number of methoxy groups -OCH3 is 1. The lowest BCUT2D eigenvalue weighted by Gasteiger charge is -2.06. The third-order valence-electron chi connectivity index (χ3n) is 5.77. The number of nitrogens with one attached hydrogen (secondary N) is 3. The normalized spacial score (nSPS) is 12.3. The number of hydrogen-bond donors (Lipinski definition) is 4. The van der Waals surface area contributed by atoms with E-state index in [0.29, 0.717) is 18.7 Å². The van der Waals surface area contributed by atoms with E-state index in [1.165, 1.54) is 11.8 Å². The largest absolute Gasteiger partial charge is 0.497 e. The molecule has 0 saturated heterocycles. The van der Waals surface area contributed by atoms with Crippen molar-refractivity contribution in [1.82, 2.24) is 16.0 Å². The second-order valence-electron chi connectivity index (χ2n) is 8.55. The third kappa shape index (κ3) is 7.90. The van der Waals surface area contributed by atoms with Crippen LogP contribution in [0.3, 0.4) is 0 Å². The molecule has 8 heteroatoms. The van der Waals surface area contributed by atoms with Gasteiger partial charge in [-0.2, -0.15) is 0 Å². The van der Waals surface area contributed by atoms with Crippen molar-refractivity contribution >= 4 is 24.4 Å². The summed E-state index contributed by atoms with van der Waals surface area (Å²) < 4.78 is 10.5. The van der Waals surface area contributed by atoms with E-state index >= 15 is 0 Å². The first-order chi connectivity index (χ1) is 17.4. The fourth-order valence-corrected chi connectivity index (χ4v) is 3.85. The summed E-state index contributed by atoms with van der Waals surface area (Å²) in [6.07, 6.45) is 2.29. The van der Waals surface area contributed by atoms with Gasteiger partial charge in [-0.05, 0) is 61.7 Å². The van der Waals surface area contributed by atoms with Gasteiger partial charge in [-0.15, -0.1) is 12.6 Å². The number of ether oxygens (including phenoxy) is 1. The van der Waals surface area contributed by atoms with E-state index in [1.807, 2.05) is 32.9 Å². The Kier molecular flexibility index (Phi) is 10.5. The number of hydrogen-bond acceptors (Lipinski definition) is 7. The Balaban J connectivity index is 0.000000275. The Morgan fingerprint density at radius 1 is 1.17 bits per heavy atom. The Hall–Kier alpha value is -3.23. The van der Waals surface area contributed by atoms with Gasteiger partial charge in [-0.3, -0.25) is 9.79 Å². The van der Waals surface area contributed by atoms with Crippen LogP contribution in [0.25, 0.3) is 0 Å². The minimum Gasteiger partial charge on any atom is -0.497 e. The first-order valence-electron chi connectivity index (χ1n) is 12.2. The summed E-state index contributed by atoms with van der Waals surface area (Å²) in [4.78, 5) is 17.6. The second-order valence-corrected chi connectivity index (χ2v) is 9.00. The zero-order chi connectivity index (χ0) is 25.9. The number of aryl methyl sites for hydroxylation is 2. The van der Waals surface area contributed by atoms with Crippen LogP contribution < -0.4 is 20.7 Å². The fraction of sp³-hybridized carbons (Fsp3) is 0.357. The van der Waals surface area contributed by atoms with Crippen LogP contribution in [0.1, 0.15) is 45.3 Å². The van der Waals surface area contributed by atoms with Crippen molar-refractivity contribution in [2.75, 3.05) is 33.3 Å². The minimum atomic E-state index is -0.104. The Labute approximate surface area is 219 Å². The van der Waals surface area contributed by atoms with Crippen molar-refractivity contribution in [3.05, 3.63) is 82.3 Å². The van der Waals surface area contributed by atoms with Crippen molar-refractivity contribution in [3.8, 4) is 5.75 Å². The average Bonchev–Trinajstić information content (AvgIpc) is 3.59. The number of furan rings is 1. The molecule has 0 radical (unpaired) electrons. The number of amidine groups is 1. The lowest BCUT2D eigenvalue weighted by atomic mass is 10.1. The van der Waals surface area contributed by atoms with Crippen LogP contribution in [-0.4, -0.2) is 45.0 Å². The summed E-state index contributed by atoms with van der Waals surface area (Å²) in [5.74, 6) is 2.53. The molecule has 1 amide bonds. The Bertz CT molecular complexity index is 1150. The van der Waals surface area contributed by atoms with E-state index in [1.54, 1.807) is 13.2 Å². The molecule has 0 saturated carbocycles. The molecule has 3 N–H and O–H groups in total. The zero-order valence-corrected chi connectivity index (χ0v) is 22.4. The number of benzene rings is 2. The van der Waals surface area contributed by atoms with Crippen LogP contribution in [0, 0.1) is 13.8 Å². The Morgan fingerprint density at radius 3 is 2.50 bits per heavy atom. The van der Waals surface area contributed by atoms with Gasteiger partial charge in [-0.1, -0.05) is 31.2 Å². The first kappa shape index (κ1) is 27.4. The van der Waals surface area contributed by atoms with Crippen LogP contribution in [-0.2, 0) is 13.0 Å². The molecular weight excluding hydrogens is 472 g/mol. The lowest BCUT2D eigenvalue weighted by molar-refractivity contribution is 0.0953. The van der Waals surface area contributed by atoms with Crippen molar-refractivity contribution in [1.29, 1.82) is 0 Å². The van der Waals surface area contributed by atoms with Crippen LogP contribution in [0.5, 0.6) is 5.75 Å². The van der Waals surface area contributed by atoms with Gasteiger partial charge in [0.15, 0.2) is 0 Å². The summed E-state index contributed by atoms with van der Waals surface area (Å²) >= 11 is 4.34. The molecule has 1 aliphatic heterocycles. The molecule has 0 spiro atoms. The highest BCUT2D eigenvalue weighted by atomic mass is 32.1. The molecule has 0 aliphatic carbocycles. The predicted molar refractivity (Wildman–Crippen MR) is 148 cm³/mol. The van der Waals surface area contributed by atoms with E-state index in [4.69, 9.17) is 9.15 Å². The van der Waals surface area contributed by atoms with Crippen LogP contribution in [0.4, 0.5) is 0 Å². The van der Waals surface area contributed by atoms with Gasteiger partial charge in [0.05, 0.1) is 25.8 Å². The first-order valence-corrected chi connectivity index (χ1v) is 12.6. The fourth-order valence-electron chi connectivity index (χ4n) is 3.72. The molecule has 192 valence electrons. The van der Waals surface area contributed by atoms with E-state index in [0.717, 1.165) is 65.0 Å². The van der Waals surface area contributed by atoms with Gasteiger partial charge < -0.3 is 25.1 Å². The number of amides is 1. The van der Waals surface area contributed by atoms with E-state index in [2.05, 4.69) is 57.8 Å². The third-order valence-corrected chi connectivity index (χ3v) is 6.47. The second kappa shape index (κ2) is 13.8. The highest BCUT2D eigenvalue weighted by Gasteiger charge is 2.10. The quantitative estimate of drug-likeness (QED) is 0.324. The van der Waals surface area contributed by atoms with Gasteiger partial charge in [0, 0.05) is 23.5 Å². The summed E-state index contributed by atoms with van der Waals surface area (Å²) in [7, 11) is 1.67. The van der Waals surface area contributed by atoms with Gasteiger partial charge in [0.1, 0.15) is 23.6 Å². The maximum atomic E-state index is 12.1. The number of aliphatic imine (C=N–C) groups is 1. The number of carbonyl (C=O) groups excluding carboxylic acids is 1. The van der Waals surface area contributed by atoms with E-state index < -0.39 is 0 Å². The average molecular weight is 509 g/mol. The number of nitrogens with zero attached hydrogens (tertiary/aromatic N) is 1. The van der Waals surface area contributed by atoms with Crippen molar-refractivity contribution in [2.24, 2.45) is 4.99 Å². The lowest BCUT2D eigenvalue weighted by Crippen LogP contribution is -2.25. The van der Waals surface area contributed by atoms with Crippen molar-refractivity contribution in [3.63, 3.8) is 0 Å². The molecule has 2 aromatic carbocycles. The van der Waals surface area contributed by atoms with Gasteiger partial charge in [0.2, 0.25) is 0 Å². The number of carbonyl (C=O) groups is 1. The molecule has 3 aromatic rings. The SMILES string of the molecule is CCNCc1cc(C(=O)NCCc2ccc(C3=NCCN3)cc2)co1.COc1cc(C)c(S)c(C)c1. The van der Waals surface area contributed by atoms with Crippen molar-refractivity contribution in [2.45, 2.75) is 38.6 Å². The van der Waals surface area contributed by atoms with Crippen LogP contribution in [0.2, 0.25) is 0 Å². The Morgan fingerprint density at radius 2 is 1.89 bits per heavy atom. The standard InChI is InChI=1S/C19H24N4O2.C9H12OS/c1-2-20-12-17-11-16(13-25-17)19(24)23-8-7-14-3-5-15(6-4-14)18-21-9-10-22-18;1-6-4-8(10-3)5-7(2)9(6)11/h3-6,11,13,20H,2,7-10,12H2,1H3,(H,21,22)(H,23,24);4-5,11H,1-3H3. The number of thiol groups is 1. The van der Waals surface area contributed by atoms with E-state index in [9.17, 15) is 4.79 Å². The highest BCUT2D eigenvalue weighted by Crippen LogP contribution is 2.23. The van der Waals surface area contributed by atoms with Gasteiger partial charge in [0.25, 0.3) is 5.91 Å². The molecule has 4 rings (SSSR count). The molecule has 7 nitrogen and oxygen atoms in total. The molecule has 0 fully saturated rings. The maximum absolute atomic E-state index is 12.1. The molecule has 1 aliphatic rings. The van der Waals surface area contributed by atoms with Crippen LogP contribution >= 0.6 is 12.6 Å². The predicted octanol–water partition coefficient (Wildman–Crippen LogP) is 4.31. The monoisotopic (exact) mass is 508 g/mol. The molecule has 2 heterocycles. The zero-order valence-electron chi connectivity index (χ0n) is 21.5.